The van der Waals surface area contributed by atoms with Crippen molar-refractivity contribution < 1.29 is 0 Å². The van der Waals surface area contributed by atoms with E-state index < -0.39 is 0 Å². The lowest BCUT2D eigenvalue weighted by molar-refractivity contribution is 0.197. The van der Waals surface area contributed by atoms with Crippen molar-refractivity contribution in [1.29, 1.82) is 0 Å². The third-order valence-corrected chi connectivity index (χ3v) is 7.79. The fraction of sp³-hybridized carbons (Fsp3) is 0.455. The number of nitrogens with zero attached hydrogens (tertiary/aromatic N) is 4. The molecule has 3 aromatic rings. The standard InChI is InChI=1S/C22H25Cl2N5/c1-14-20(15-4-2-5-16(23)19(15)24)29-13-26-12-17(29)21(27-14)28-10-8-22(9-11-28)7-3-6-18(22)25/h2,4-5,12-13,18H,3,6-11,25H2,1H3/t18-/m1/s1. The Morgan fingerprint density at radius 3 is 2.69 bits per heavy atom. The molecule has 5 rings (SSSR count). The van der Waals surface area contributed by atoms with Crippen LogP contribution in [0.5, 0.6) is 0 Å². The number of nitrogens with two attached hydrogens (primary N) is 1. The van der Waals surface area contributed by atoms with Gasteiger partial charge in [0.05, 0.1) is 34.0 Å². The summed E-state index contributed by atoms with van der Waals surface area (Å²) in [6.07, 6.45) is 9.69. The number of aryl methyl sites for hydroxylation is 1. The van der Waals surface area contributed by atoms with E-state index in [-0.39, 0.29) is 0 Å². The molecule has 29 heavy (non-hydrogen) atoms. The maximum Gasteiger partial charge on any atom is 0.154 e. The van der Waals surface area contributed by atoms with E-state index in [1.165, 1.54) is 19.3 Å². The third kappa shape index (κ3) is 3.02. The molecule has 3 heterocycles. The predicted octanol–water partition coefficient (Wildman–Crippen LogP) is 5.11. The summed E-state index contributed by atoms with van der Waals surface area (Å²) in [5, 5.41) is 1.08. The van der Waals surface area contributed by atoms with Gasteiger partial charge in [0.1, 0.15) is 5.52 Å². The van der Waals surface area contributed by atoms with Gasteiger partial charge in [-0.3, -0.25) is 4.40 Å². The van der Waals surface area contributed by atoms with Crippen molar-refractivity contribution in [3.05, 3.63) is 46.5 Å². The first-order valence-electron chi connectivity index (χ1n) is 10.3. The van der Waals surface area contributed by atoms with Crippen LogP contribution in [0.25, 0.3) is 16.8 Å². The number of hydrogen-bond donors (Lipinski definition) is 1. The molecule has 2 aliphatic rings. The fourth-order valence-corrected chi connectivity index (χ4v) is 5.67. The van der Waals surface area contributed by atoms with Gasteiger partial charge in [0, 0.05) is 24.7 Å². The molecule has 0 radical (unpaired) electrons. The van der Waals surface area contributed by atoms with Crippen LogP contribution in [0.2, 0.25) is 10.0 Å². The Bertz CT molecular complexity index is 1070. The van der Waals surface area contributed by atoms with E-state index in [1.807, 2.05) is 31.6 Å². The molecule has 0 unspecified atom stereocenters. The number of benzene rings is 1. The van der Waals surface area contributed by atoms with E-state index in [1.54, 1.807) is 6.07 Å². The lowest BCUT2D eigenvalue weighted by atomic mass is 9.74. The number of piperidine rings is 1. The van der Waals surface area contributed by atoms with E-state index in [0.717, 1.165) is 54.2 Å². The van der Waals surface area contributed by atoms with Crippen LogP contribution in [-0.2, 0) is 0 Å². The molecular formula is C22H25Cl2N5. The minimum Gasteiger partial charge on any atom is -0.355 e. The largest absolute Gasteiger partial charge is 0.355 e. The average Bonchev–Trinajstić information content (AvgIpc) is 3.33. The molecule has 0 amide bonds. The molecule has 2 fully saturated rings. The molecule has 0 bridgehead atoms. The molecule has 7 heteroatoms. The topological polar surface area (TPSA) is 59.5 Å². The Balaban J connectivity index is 1.54. The van der Waals surface area contributed by atoms with Crippen molar-refractivity contribution in [2.45, 2.75) is 45.1 Å². The van der Waals surface area contributed by atoms with Crippen LogP contribution in [0.4, 0.5) is 5.82 Å². The monoisotopic (exact) mass is 429 g/mol. The first-order chi connectivity index (χ1) is 14.0. The lowest BCUT2D eigenvalue weighted by Gasteiger charge is -2.42. The van der Waals surface area contributed by atoms with Crippen LogP contribution < -0.4 is 10.6 Å². The van der Waals surface area contributed by atoms with Gasteiger partial charge in [-0.05, 0) is 44.1 Å². The molecule has 5 nitrogen and oxygen atoms in total. The molecule has 1 atom stereocenters. The number of imidazole rings is 1. The summed E-state index contributed by atoms with van der Waals surface area (Å²) < 4.78 is 2.08. The van der Waals surface area contributed by atoms with Gasteiger partial charge in [-0.1, -0.05) is 41.8 Å². The van der Waals surface area contributed by atoms with Crippen molar-refractivity contribution in [3.8, 4) is 11.3 Å². The molecule has 1 saturated heterocycles. The third-order valence-electron chi connectivity index (χ3n) is 6.97. The zero-order valence-corrected chi connectivity index (χ0v) is 18.0. The van der Waals surface area contributed by atoms with Crippen LogP contribution >= 0.6 is 23.2 Å². The molecule has 1 spiro atoms. The maximum atomic E-state index is 6.52. The van der Waals surface area contributed by atoms with E-state index in [4.69, 9.17) is 33.9 Å². The van der Waals surface area contributed by atoms with Crippen molar-refractivity contribution in [1.82, 2.24) is 14.4 Å². The summed E-state index contributed by atoms with van der Waals surface area (Å²) >= 11 is 12.8. The Labute approximate surface area is 180 Å². The SMILES string of the molecule is Cc1nc(N2CCC3(CCC[C@H]3N)CC2)c2cncn2c1-c1cccc(Cl)c1Cl. The Morgan fingerprint density at radius 2 is 1.97 bits per heavy atom. The molecule has 1 aliphatic carbocycles. The van der Waals surface area contributed by atoms with E-state index in [2.05, 4.69) is 14.3 Å². The molecule has 1 aliphatic heterocycles. The quantitative estimate of drug-likeness (QED) is 0.614. The van der Waals surface area contributed by atoms with Crippen LogP contribution in [-0.4, -0.2) is 33.5 Å². The van der Waals surface area contributed by atoms with E-state index in [0.29, 0.717) is 21.5 Å². The predicted molar refractivity (Wildman–Crippen MR) is 119 cm³/mol. The van der Waals surface area contributed by atoms with Crippen LogP contribution in [0.1, 0.15) is 37.8 Å². The van der Waals surface area contributed by atoms with E-state index >= 15 is 0 Å². The van der Waals surface area contributed by atoms with Gasteiger partial charge < -0.3 is 10.6 Å². The second-order valence-corrected chi connectivity index (χ2v) is 9.25. The Morgan fingerprint density at radius 1 is 1.17 bits per heavy atom. The molecule has 2 N–H and O–H groups in total. The Kier molecular flexibility index (Phi) is 4.72. The van der Waals surface area contributed by atoms with Gasteiger partial charge in [-0.15, -0.1) is 0 Å². The number of halogens is 2. The van der Waals surface area contributed by atoms with Gasteiger partial charge in [0.2, 0.25) is 0 Å². The van der Waals surface area contributed by atoms with Crippen molar-refractivity contribution in [2.75, 3.05) is 18.0 Å². The summed E-state index contributed by atoms with van der Waals surface area (Å²) in [6, 6.07) is 6.03. The highest BCUT2D eigenvalue weighted by Crippen LogP contribution is 2.46. The minimum atomic E-state index is 0.330. The number of rotatable bonds is 2. The summed E-state index contributed by atoms with van der Waals surface area (Å²) in [5.74, 6) is 0.989. The van der Waals surface area contributed by atoms with Gasteiger partial charge >= 0.3 is 0 Å². The van der Waals surface area contributed by atoms with Gasteiger partial charge in [-0.25, -0.2) is 9.97 Å². The summed E-state index contributed by atoms with van der Waals surface area (Å²) in [6.45, 7) is 3.99. The Hall–Kier alpha value is -1.82. The zero-order chi connectivity index (χ0) is 20.2. The fourth-order valence-electron chi connectivity index (χ4n) is 5.28. The number of aromatic nitrogens is 3. The highest BCUT2D eigenvalue weighted by atomic mass is 35.5. The van der Waals surface area contributed by atoms with Crippen LogP contribution in [0.15, 0.2) is 30.7 Å². The lowest BCUT2D eigenvalue weighted by Crippen LogP contribution is -2.47. The number of anilines is 1. The molecule has 1 saturated carbocycles. The van der Waals surface area contributed by atoms with Crippen molar-refractivity contribution >= 4 is 34.5 Å². The molecule has 2 aromatic heterocycles. The highest BCUT2D eigenvalue weighted by Gasteiger charge is 2.43. The number of hydrogen-bond acceptors (Lipinski definition) is 4. The summed E-state index contributed by atoms with van der Waals surface area (Å²) in [7, 11) is 0. The second kappa shape index (κ2) is 7.15. The van der Waals surface area contributed by atoms with Gasteiger partial charge in [-0.2, -0.15) is 0 Å². The molecular weight excluding hydrogens is 405 g/mol. The van der Waals surface area contributed by atoms with Gasteiger partial charge in [0.25, 0.3) is 0 Å². The normalized spacial score (nSPS) is 21.4. The number of fused-ring (bicyclic) bond motifs is 1. The minimum absolute atomic E-state index is 0.330. The average molecular weight is 430 g/mol. The first kappa shape index (κ1) is 19.2. The highest BCUT2D eigenvalue weighted by molar-refractivity contribution is 6.43. The van der Waals surface area contributed by atoms with Crippen LogP contribution in [0, 0.1) is 12.3 Å². The summed E-state index contributed by atoms with van der Waals surface area (Å²) in [4.78, 5) is 11.8. The first-order valence-corrected chi connectivity index (χ1v) is 11.0. The second-order valence-electron chi connectivity index (χ2n) is 8.47. The summed E-state index contributed by atoms with van der Waals surface area (Å²) in [5.41, 5.74) is 10.5. The van der Waals surface area contributed by atoms with E-state index in [9.17, 15) is 0 Å². The van der Waals surface area contributed by atoms with Gasteiger partial charge in [0.15, 0.2) is 5.82 Å². The van der Waals surface area contributed by atoms with Crippen molar-refractivity contribution in [3.63, 3.8) is 0 Å². The smallest absolute Gasteiger partial charge is 0.154 e. The van der Waals surface area contributed by atoms with Crippen molar-refractivity contribution in [2.24, 2.45) is 11.1 Å². The molecule has 1 aromatic carbocycles. The maximum absolute atomic E-state index is 6.52. The van der Waals surface area contributed by atoms with Crippen LogP contribution in [0.3, 0.4) is 0 Å². The zero-order valence-electron chi connectivity index (χ0n) is 16.5. The molecule has 152 valence electrons.